The average molecular weight is 514 g/mol. The second kappa shape index (κ2) is 9.74. The quantitative estimate of drug-likeness (QED) is 0.644. The van der Waals surface area contributed by atoms with Gasteiger partial charge < -0.3 is 24.4 Å². The normalized spacial score (nSPS) is 25.4. The molecule has 1 spiro atoms. The van der Waals surface area contributed by atoms with E-state index in [2.05, 4.69) is 32.7 Å². The Bertz CT molecular complexity index is 988. The number of piperidine rings is 1. The third-order valence-electron chi connectivity index (χ3n) is 7.64. The van der Waals surface area contributed by atoms with Gasteiger partial charge in [0.15, 0.2) is 11.7 Å². The monoisotopic (exact) mass is 513 g/mol. The summed E-state index contributed by atoms with van der Waals surface area (Å²) >= 11 is 0. The average Bonchev–Trinajstić information content (AvgIpc) is 2.78. The summed E-state index contributed by atoms with van der Waals surface area (Å²) in [6.07, 6.45) is -6.15. The van der Waals surface area contributed by atoms with E-state index in [4.69, 9.17) is 4.74 Å². The maximum Gasteiger partial charge on any atom is 0.425 e. The third-order valence-corrected chi connectivity index (χ3v) is 7.64. The van der Waals surface area contributed by atoms with Gasteiger partial charge in [0.2, 0.25) is 0 Å². The van der Waals surface area contributed by atoms with Gasteiger partial charge in [0.05, 0.1) is 13.2 Å². The number of carboxylic acid groups (broad SMARTS) is 1. The number of nitrogens with zero attached hydrogens (tertiary/aromatic N) is 3. The van der Waals surface area contributed by atoms with E-state index in [1.807, 2.05) is 6.92 Å². The first-order valence-electron chi connectivity index (χ1n) is 12.3. The summed E-state index contributed by atoms with van der Waals surface area (Å²) in [5, 5.41) is 9.61. The number of hydrogen-bond acceptors (Lipinski definition) is 6. The van der Waals surface area contributed by atoms with Crippen molar-refractivity contribution in [2.24, 2.45) is 5.41 Å². The van der Waals surface area contributed by atoms with Crippen LogP contribution in [0.25, 0.3) is 0 Å². The largest absolute Gasteiger partial charge is 0.479 e. The van der Waals surface area contributed by atoms with Crippen molar-refractivity contribution in [2.75, 3.05) is 50.8 Å². The SMILES string of the molecule is Cc1ccc(CN2CC3(CCN(C(=O)OC(C)C(F)(F)F)CC3)C2)c(N2CCOC(C)(C(=O)O)C2)c1. The summed E-state index contributed by atoms with van der Waals surface area (Å²) in [7, 11) is 0. The van der Waals surface area contributed by atoms with Crippen LogP contribution in [-0.4, -0.2) is 90.7 Å². The van der Waals surface area contributed by atoms with Crippen LogP contribution in [0.4, 0.5) is 23.7 Å². The molecule has 0 aliphatic carbocycles. The fourth-order valence-electron chi connectivity index (χ4n) is 5.33. The molecule has 1 aromatic carbocycles. The molecule has 0 radical (unpaired) electrons. The van der Waals surface area contributed by atoms with Crippen molar-refractivity contribution in [1.29, 1.82) is 0 Å². The molecule has 0 aromatic heterocycles. The van der Waals surface area contributed by atoms with Gasteiger partial charge in [-0.1, -0.05) is 12.1 Å². The molecule has 200 valence electrons. The molecule has 36 heavy (non-hydrogen) atoms. The first kappa shape index (κ1) is 26.5. The number of carbonyl (C=O) groups excluding carboxylic acids is 1. The second-order valence-corrected chi connectivity index (χ2v) is 10.6. The lowest BCUT2D eigenvalue weighted by Crippen LogP contribution is -2.60. The number of amides is 1. The Morgan fingerprint density at radius 2 is 1.83 bits per heavy atom. The Labute approximate surface area is 208 Å². The van der Waals surface area contributed by atoms with E-state index in [0.717, 1.165) is 49.7 Å². The molecule has 0 bridgehead atoms. The van der Waals surface area contributed by atoms with Crippen LogP contribution in [0, 0.1) is 12.3 Å². The van der Waals surface area contributed by atoms with Crippen molar-refractivity contribution in [3.8, 4) is 0 Å². The molecule has 4 rings (SSSR count). The van der Waals surface area contributed by atoms with Crippen LogP contribution in [0.15, 0.2) is 18.2 Å². The lowest BCUT2D eigenvalue weighted by atomic mass is 9.72. The van der Waals surface area contributed by atoms with E-state index in [1.54, 1.807) is 6.92 Å². The smallest absolute Gasteiger partial charge is 0.425 e. The lowest BCUT2D eigenvalue weighted by Gasteiger charge is -2.54. The van der Waals surface area contributed by atoms with E-state index >= 15 is 0 Å². The minimum Gasteiger partial charge on any atom is -0.479 e. The van der Waals surface area contributed by atoms with Crippen LogP contribution in [0.1, 0.15) is 37.8 Å². The fraction of sp³-hybridized carbons (Fsp3) is 0.680. The van der Waals surface area contributed by atoms with Gasteiger partial charge in [0.1, 0.15) is 0 Å². The summed E-state index contributed by atoms with van der Waals surface area (Å²) in [4.78, 5) is 29.6. The van der Waals surface area contributed by atoms with E-state index in [-0.39, 0.29) is 12.0 Å². The lowest BCUT2D eigenvalue weighted by molar-refractivity contribution is -0.200. The number of aliphatic carboxylic acids is 1. The van der Waals surface area contributed by atoms with Gasteiger partial charge in [-0.3, -0.25) is 4.90 Å². The molecule has 1 amide bonds. The number of rotatable bonds is 5. The van der Waals surface area contributed by atoms with Crippen LogP contribution in [0.3, 0.4) is 0 Å². The number of benzene rings is 1. The zero-order valence-electron chi connectivity index (χ0n) is 20.9. The first-order valence-corrected chi connectivity index (χ1v) is 12.3. The van der Waals surface area contributed by atoms with Crippen molar-refractivity contribution in [1.82, 2.24) is 9.80 Å². The minimum atomic E-state index is -4.57. The topological polar surface area (TPSA) is 82.5 Å². The number of carbonyl (C=O) groups is 2. The molecule has 1 aromatic rings. The molecule has 3 heterocycles. The predicted octanol–water partition coefficient (Wildman–Crippen LogP) is 3.66. The number of morpholine rings is 1. The zero-order valence-corrected chi connectivity index (χ0v) is 20.9. The summed E-state index contributed by atoms with van der Waals surface area (Å²) in [5.41, 5.74) is 2.03. The van der Waals surface area contributed by atoms with E-state index in [0.29, 0.717) is 32.8 Å². The van der Waals surface area contributed by atoms with Crippen LogP contribution >= 0.6 is 0 Å². The van der Waals surface area contributed by atoms with Crippen molar-refractivity contribution in [3.63, 3.8) is 0 Å². The van der Waals surface area contributed by atoms with E-state index < -0.39 is 29.9 Å². The molecular weight excluding hydrogens is 479 g/mol. The maximum absolute atomic E-state index is 12.7. The number of alkyl halides is 3. The standard InChI is InChI=1S/C25H34F3N3O5/c1-17-4-5-19(20(12-17)31-10-11-35-23(3,14-31)21(32)33)13-29-15-24(16-29)6-8-30(9-7-24)22(34)36-18(2)25(26,27)28/h4-5,12,18H,6-11,13-16H2,1-3H3,(H,32,33). The number of anilines is 1. The van der Waals surface area contributed by atoms with Gasteiger partial charge in [0.25, 0.3) is 0 Å². The highest BCUT2D eigenvalue weighted by atomic mass is 19.4. The highest BCUT2D eigenvalue weighted by Gasteiger charge is 2.47. The first-order chi connectivity index (χ1) is 16.8. The van der Waals surface area contributed by atoms with Crippen LogP contribution in [0.2, 0.25) is 0 Å². The Hall–Kier alpha value is -2.53. The van der Waals surface area contributed by atoms with Crippen molar-refractivity contribution in [2.45, 2.75) is 58.0 Å². The Balaban J connectivity index is 1.33. The molecule has 3 aliphatic heterocycles. The molecule has 2 unspecified atom stereocenters. The number of ether oxygens (including phenoxy) is 2. The summed E-state index contributed by atoms with van der Waals surface area (Å²) < 4.78 is 48.2. The summed E-state index contributed by atoms with van der Waals surface area (Å²) in [6, 6.07) is 6.23. The van der Waals surface area contributed by atoms with Gasteiger partial charge in [-0.15, -0.1) is 0 Å². The Kier molecular flexibility index (Phi) is 7.18. The van der Waals surface area contributed by atoms with Gasteiger partial charge in [-0.25, -0.2) is 9.59 Å². The van der Waals surface area contributed by atoms with Crippen molar-refractivity contribution < 1.29 is 37.3 Å². The van der Waals surface area contributed by atoms with Gasteiger partial charge in [0, 0.05) is 45.0 Å². The van der Waals surface area contributed by atoms with Crippen LogP contribution in [0.5, 0.6) is 0 Å². The van der Waals surface area contributed by atoms with Crippen LogP contribution in [-0.2, 0) is 20.8 Å². The molecule has 11 heteroatoms. The van der Waals surface area contributed by atoms with E-state index in [1.165, 1.54) is 4.90 Å². The molecule has 2 atom stereocenters. The molecule has 8 nitrogen and oxygen atoms in total. The van der Waals surface area contributed by atoms with Gasteiger partial charge in [-0.05, 0) is 56.2 Å². The number of hydrogen-bond donors (Lipinski definition) is 1. The summed E-state index contributed by atoms with van der Waals surface area (Å²) in [6.45, 7) is 8.84. The van der Waals surface area contributed by atoms with Gasteiger partial charge in [-0.2, -0.15) is 13.2 Å². The van der Waals surface area contributed by atoms with Crippen LogP contribution < -0.4 is 4.90 Å². The highest BCUT2D eigenvalue weighted by Crippen LogP contribution is 2.42. The number of halogens is 3. The number of carboxylic acids is 1. The molecule has 3 fully saturated rings. The van der Waals surface area contributed by atoms with E-state index in [9.17, 15) is 27.9 Å². The predicted molar refractivity (Wildman–Crippen MR) is 126 cm³/mol. The summed E-state index contributed by atoms with van der Waals surface area (Å²) in [5.74, 6) is -0.978. The third kappa shape index (κ3) is 5.56. The maximum atomic E-state index is 12.7. The number of aryl methyl sites for hydroxylation is 1. The molecule has 0 saturated carbocycles. The second-order valence-electron chi connectivity index (χ2n) is 10.6. The van der Waals surface area contributed by atoms with Crippen molar-refractivity contribution >= 4 is 17.7 Å². The Morgan fingerprint density at radius 1 is 1.17 bits per heavy atom. The zero-order chi connectivity index (χ0) is 26.3. The van der Waals surface area contributed by atoms with Gasteiger partial charge >= 0.3 is 18.2 Å². The fourth-order valence-corrected chi connectivity index (χ4v) is 5.33. The molecular formula is C25H34F3N3O5. The molecule has 3 saturated heterocycles. The Morgan fingerprint density at radius 3 is 2.44 bits per heavy atom. The molecule has 3 aliphatic rings. The number of likely N-dealkylation sites (tertiary alicyclic amines) is 2. The highest BCUT2D eigenvalue weighted by molar-refractivity contribution is 5.78. The van der Waals surface area contributed by atoms with Crippen molar-refractivity contribution in [3.05, 3.63) is 29.3 Å². The minimum absolute atomic E-state index is 0.0537. The molecule has 1 N–H and O–H groups in total.